The van der Waals surface area contributed by atoms with Gasteiger partial charge in [-0.15, -0.1) is 0 Å². The summed E-state index contributed by atoms with van der Waals surface area (Å²) in [7, 11) is 0. The third-order valence-electron chi connectivity index (χ3n) is 4.58. The molecule has 1 saturated carbocycles. The molecule has 27 heavy (non-hydrogen) atoms. The largest absolute Gasteiger partial charge is 0.390 e. The zero-order valence-electron chi connectivity index (χ0n) is 15.0. The lowest BCUT2D eigenvalue weighted by molar-refractivity contribution is 0.122. The van der Waals surface area contributed by atoms with Crippen LogP contribution in [-0.2, 0) is 11.3 Å². The van der Waals surface area contributed by atoms with Gasteiger partial charge >= 0.3 is 6.03 Å². The van der Waals surface area contributed by atoms with Crippen molar-refractivity contribution in [1.82, 2.24) is 15.3 Å². The minimum Gasteiger partial charge on any atom is -0.390 e. The molecule has 1 aliphatic heterocycles. The van der Waals surface area contributed by atoms with Crippen molar-refractivity contribution in [2.24, 2.45) is 0 Å². The Kier molecular flexibility index (Phi) is 5.17. The SMILES string of the molecule is O=C(Nc1ccc(-c2nc(CO)cc(N3CCOCC3)n2)cc1)NC1CC1. The molecule has 142 valence electrons. The third kappa shape index (κ3) is 4.53. The molecule has 0 spiro atoms. The first kappa shape index (κ1) is 17.7. The summed E-state index contributed by atoms with van der Waals surface area (Å²) in [5.41, 5.74) is 2.11. The van der Waals surface area contributed by atoms with E-state index in [2.05, 4.69) is 25.5 Å². The lowest BCUT2D eigenvalue weighted by Crippen LogP contribution is -2.37. The number of nitrogens with zero attached hydrogens (tertiary/aromatic N) is 3. The molecular formula is C19H23N5O3. The van der Waals surface area contributed by atoms with Crippen LogP contribution in [0.4, 0.5) is 16.3 Å². The minimum absolute atomic E-state index is 0.145. The van der Waals surface area contributed by atoms with Crippen LogP contribution in [0.5, 0.6) is 0 Å². The second kappa shape index (κ2) is 7.89. The van der Waals surface area contributed by atoms with E-state index in [1.165, 1.54) is 0 Å². The van der Waals surface area contributed by atoms with Crippen LogP contribution in [0.25, 0.3) is 11.4 Å². The number of aromatic nitrogens is 2. The number of aliphatic hydroxyl groups excluding tert-OH is 1. The van der Waals surface area contributed by atoms with Gasteiger partial charge in [0, 0.05) is 36.4 Å². The molecule has 3 N–H and O–H groups in total. The van der Waals surface area contributed by atoms with E-state index in [1.807, 2.05) is 30.3 Å². The predicted octanol–water partition coefficient (Wildman–Crippen LogP) is 1.76. The minimum atomic E-state index is -0.182. The van der Waals surface area contributed by atoms with Gasteiger partial charge in [-0.25, -0.2) is 14.8 Å². The number of benzene rings is 1. The maximum absolute atomic E-state index is 11.8. The molecule has 1 aromatic heterocycles. The quantitative estimate of drug-likeness (QED) is 0.743. The molecule has 1 aromatic carbocycles. The average Bonchev–Trinajstić information content (AvgIpc) is 3.52. The van der Waals surface area contributed by atoms with E-state index in [1.54, 1.807) is 0 Å². The topological polar surface area (TPSA) is 99.6 Å². The van der Waals surface area contributed by atoms with E-state index in [-0.39, 0.29) is 12.6 Å². The first-order valence-electron chi connectivity index (χ1n) is 9.21. The summed E-state index contributed by atoms with van der Waals surface area (Å²) in [5.74, 6) is 1.34. The number of ether oxygens (including phenoxy) is 1. The second-order valence-electron chi connectivity index (χ2n) is 6.75. The molecule has 8 nitrogen and oxygen atoms in total. The highest BCUT2D eigenvalue weighted by atomic mass is 16.5. The Labute approximate surface area is 157 Å². The molecule has 8 heteroatoms. The summed E-state index contributed by atoms with van der Waals surface area (Å²) in [6, 6.07) is 9.33. The number of carbonyl (C=O) groups is 1. The Morgan fingerprint density at radius 2 is 1.93 bits per heavy atom. The first-order valence-corrected chi connectivity index (χ1v) is 9.21. The molecule has 2 amide bonds. The Morgan fingerprint density at radius 1 is 1.19 bits per heavy atom. The van der Waals surface area contributed by atoms with Crippen LogP contribution in [-0.4, -0.2) is 53.5 Å². The summed E-state index contributed by atoms with van der Waals surface area (Å²) >= 11 is 0. The summed E-state index contributed by atoms with van der Waals surface area (Å²) in [4.78, 5) is 23.1. The van der Waals surface area contributed by atoms with Gasteiger partial charge in [0.05, 0.1) is 25.5 Å². The van der Waals surface area contributed by atoms with E-state index in [0.29, 0.717) is 36.5 Å². The number of anilines is 2. The van der Waals surface area contributed by atoms with Crippen molar-refractivity contribution in [3.63, 3.8) is 0 Å². The number of urea groups is 1. The van der Waals surface area contributed by atoms with Crippen molar-refractivity contribution in [3.05, 3.63) is 36.0 Å². The van der Waals surface area contributed by atoms with Gasteiger partial charge in [0.2, 0.25) is 0 Å². The predicted molar refractivity (Wildman–Crippen MR) is 102 cm³/mol. The highest BCUT2D eigenvalue weighted by Gasteiger charge is 2.23. The summed E-state index contributed by atoms with van der Waals surface area (Å²) in [6.07, 6.45) is 2.10. The van der Waals surface area contributed by atoms with Crippen LogP contribution in [0.2, 0.25) is 0 Å². The number of aliphatic hydroxyl groups is 1. The number of hydrogen-bond donors (Lipinski definition) is 3. The number of amides is 2. The first-order chi connectivity index (χ1) is 13.2. The highest BCUT2D eigenvalue weighted by Crippen LogP contribution is 2.23. The normalized spacial score (nSPS) is 16.9. The second-order valence-corrected chi connectivity index (χ2v) is 6.75. The number of nitrogens with one attached hydrogen (secondary N) is 2. The van der Waals surface area contributed by atoms with E-state index in [4.69, 9.17) is 4.74 Å². The van der Waals surface area contributed by atoms with Gasteiger partial charge in [-0.3, -0.25) is 0 Å². The summed E-state index contributed by atoms with van der Waals surface area (Å²) in [5, 5.41) is 15.3. The molecule has 2 aliphatic rings. The monoisotopic (exact) mass is 369 g/mol. The van der Waals surface area contributed by atoms with Crippen molar-refractivity contribution in [1.29, 1.82) is 0 Å². The molecule has 2 aromatic rings. The molecule has 0 atom stereocenters. The fourth-order valence-corrected chi connectivity index (χ4v) is 2.93. The lowest BCUT2D eigenvalue weighted by Gasteiger charge is -2.28. The molecular weight excluding hydrogens is 346 g/mol. The van der Waals surface area contributed by atoms with Crippen LogP contribution in [0.15, 0.2) is 30.3 Å². The third-order valence-corrected chi connectivity index (χ3v) is 4.58. The van der Waals surface area contributed by atoms with E-state index >= 15 is 0 Å². The molecule has 1 aliphatic carbocycles. The molecule has 2 fully saturated rings. The number of hydrogen-bond acceptors (Lipinski definition) is 6. The molecule has 0 radical (unpaired) electrons. The molecule has 2 heterocycles. The van der Waals surface area contributed by atoms with Crippen LogP contribution in [0, 0.1) is 0 Å². The molecule has 0 unspecified atom stereocenters. The van der Waals surface area contributed by atoms with Crippen molar-refractivity contribution in [2.75, 3.05) is 36.5 Å². The Morgan fingerprint density at radius 3 is 2.59 bits per heavy atom. The van der Waals surface area contributed by atoms with Gasteiger partial charge in [0.1, 0.15) is 5.82 Å². The van der Waals surface area contributed by atoms with Gasteiger partial charge < -0.3 is 25.4 Å². The van der Waals surface area contributed by atoms with E-state index < -0.39 is 0 Å². The number of carbonyl (C=O) groups excluding carboxylic acids is 1. The maximum atomic E-state index is 11.8. The fraction of sp³-hybridized carbons (Fsp3) is 0.421. The smallest absolute Gasteiger partial charge is 0.319 e. The molecule has 0 bridgehead atoms. The fourth-order valence-electron chi connectivity index (χ4n) is 2.93. The molecule has 1 saturated heterocycles. The van der Waals surface area contributed by atoms with E-state index in [9.17, 15) is 9.90 Å². The van der Waals surface area contributed by atoms with Crippen LogP contribution in [0.3, 0.4) is 0 Å². The lowest BCUT2D eigenvalue weighted by atomic mass is 10.2. The average molecular weight is 369 g/mol. The number of morpholine rings is 1. The molecule has 4 rings (SSSR count). The summed E-state index contributed by atoms with van der Waals surface area (Å²) in [6.45, 7) is 2.71. The van der Waals surface area contributed by atoms with Gasteiger partial charge in [0.25, 0.3) is 0 Å². The standard InChI is InChI=1S/C19H23N5O3/c25-12-16-11-17(24-7-9-27-10-8-24)23-18(20-16)13-1-3-14(4-2-13)21-19(26)22-15-5-6-15/h1-4,11,15,25H,5-10,12H2,(H2,21,22,26). The Bertz CT molecular complexity index is 801. The number of rotatable bonds is 5. The van der Waals surface area contributed by atoms with Crippen molar-refractivity contribution in [2.45, 2.75) is 25.5 Å². The van der Waals surface area contributed by atoms with Crippen LogP contribution >= 0.6 is 0 Å². The van der Waals surface area contributed by atoms with E-state index in [0.717, 1.165) is 37.3 Å². The van der Waals surface area contributed by atoms with Crippen LogP contribution < -0.4 is 15.5 Å². The van der Waals surface area contributed by atoms with Gasteiger partial charge in [-0.2, -0.15) is 0 Å². The van der Waals surface area contributed by atoms with Gasteiger partial charge in [-0.1, -0.05) is 0 Å². The Hall–Kier alpha value is -2.71. The Balaban J connectivity index is 1.51. The highest BCUT2D eigenvalue weighted by molar-refractivity contribution is 5.89. The van der Waals surface area contributed by atoms with Crippen molar-refractivity contribution in [3.8, 4) is 11.4 Å². The van der Waals surface area contributed by atoms with Gasteiger partial charge in [0.15, 0.2) is 5.82 Å². The van der Waals surface area contributed by atoms with Crippen molar-refractivity contribution >= 4 is 17.5 Å². The van der Waals surface area contributed by atoms with Gasteiger partial charge in [-0.05, 0) is 37.1 Å². The van der Waals surface area contributed by atoms with Crippen LogP contribution in [0.1, 0.15) is 18.5 Å². The van der Waals surface area contributed by atoms with Crippen molar-refractivity contribution < 1.29 is 14.6 Å². The zero-order valence-corrected chi connectivity index (χ0v) is 15.0. The summed E-state index contributed by atoms with van der Waals surface area (Å²) < 4.78 is 5.39. The zero-order chi connectivity index (χ0) is 18.6. The maximum Gasteiger partial charge on any atom is 0.319 e.